The highest BCUT2D eigenvalue weighted by atomic mass is 79.9. The number of hydrogen-bond acceptors (Lipinski definition) is 2. The number of amides is 2. The van der Waals surface area contributed by atoms with Crippen LogP contribution in [0.2, 0.25) is 0 Å². The minimum absolute atomic E-state index is 0.334. The lowest BCUT2D eigenvalue weighted by Crippen LogP contribution is -2.27. The number of nitrogens with zero attached hydrogens (tertiary/aromatic N) is 2. The van der Waals surface area contributed by atoms with E-state index in [0.717, 1.165) is 26.8 Å². The molecular weight excluding hydrogens is 756 g/mol. The molecule has 148 valence electrons. The molecule has 0 radical (unpaired) electrons. The van der Waals surface area contributed by atoms with Crippen LogP contribution >= 0.6 is 95.6 Å². The van der Waals surface area contributed by atoms with E-state index in [-0.39, 0.29) is 11.8 Å². The van der Waals surface area contributed by atoms with Gasteiger partial charge in [-0.15, -0.1) is 0 Å². The Morgan fingerprint density at radius 1 is 0.643 bits per heavy atom. The van der Waals surface area contributed by atoms with Crippen molar-refractivity contribution >= 4 is 119 Å². The smallest absolute Gasteiger partial charge is 0.250 e. The lowest BCUT2D eigenvalue weighted by Gasteiger charge is -2.20. The highest BCUT2D eigenvalue weighted by Gasteiger charge is 2.18. The van der Waals surface area contributed by atoms with E-state index < -0.39 is 0 Å². The third kappa shape index (κ3) is 5.78. The van der Waals surface area contributed by atoms with Gasteiger partial charge < -0.3 is 9.80 Å². The molecular formula is C18H12Br6N2O2. The fourth-order valence-corrected chi connectivity index (χ4v) is 7.88. The average molecular weight is 768 g/mol. The summed E-state index contributed by atoms with van der Waals surface area (Å²) < 4.78 is 4.70. The topological polar surface area (TPSA) is 40.6 Å². The van der Waals surface area contributed by atoms with Crippen molar-refractivity contribution in [3.05, 3.63) is 63.3 Å². The Labute approximate surface area is 213 Å². The summed E-state index contributed by atoms with van der Waals surface area (Å²) in [7, 11) is 3.28. The number of hydrogen-bond donors (Lipinski definition) is 0. The van der Waals surface area contributed by atoms with Gasteiger partial charge in [-0.3, -0.25) is 9.59 Å². The third-order valence-electron chi connectivity index (χ3n) is 3.66. The zero-order valence-corrected chi connectivity index (χ0v) is 24.0. The van der Waals surface area contributed by atoms with Gasteiger partial charge >= 0.3 is 0 Å². The molecule has 0 bridgehead atoms. The Bertz CT molecular complexity index is 853. The molecule has 2 aromatic carbocycles. The molecule has 0 aliphatic rings. The molecule has 10 heteroatoms. The lowest BCUT2D eigenvalue weighted by atomic mass is 10.2. The van der Waals surface area contributed by atoms with Gasteiger partial charge in [0.15, 0.2) is 0 Å². The van der Waals surface area contributed by atoms with Gasteiger partial charge in [-0.1, -0.05) is 31.9 Å². The predicted molar refractivity (Wildman–Crippen MR) is 135 cm³/mol. The molecule has 28 heavy (non-hydrogen) atoms. The van der Waals surface area contributed by atoms with Gasteiger partial charge in [0.05, 0.1) is 11.4 Å². The van der Waals surface area contributed by atoms with E-state index in [9.17, 15) is 9.59 Å². The molecule has 0 heterocycles. The van der Waals surface area contributed by atoms with Crippen molar-refractivity contribution in [2.45, 2.75) is 0 Å². The monoisotopic (exact) mass is 762 g/mol. The van der Waals surface area contributed by atoms with Gasteiger partial charge in [0.1, 0.15) is 0 Å². The summed E-state index contributed by atoms with van der Waals surface area (Å²) in [5, 5.41) is 0. The molecule has 2 amide bonds. The SMILES string of the molecule is CN(C(=O)C=CC(=O)N(C)c1c(Br)cc(Br)cc1Br)c1c(Br)cc(Br)cc1Br. The Balaban J connectivity index is 2.21. The van der Waals surface area contributed by atoms with Crippen LogP contribution in [0.15, 0.2) is 63.3 Å². The first-order valence-electron chi connectivity index (χ1n) is 7.55. The number of anilines is 2. The summed E-state index contributed by atoms with van der Waals surface area (Å²) in [5.41, 5.74) is 1.33. The second kappa shape index (κ2) is 10.3. The van der Waals surface area contributed by atoms with Gasteiger partial charge in [-0.05, 0) is 88.0 Å². The molecule has 0 unspecified atom stereocenters. The van der Waals surface area contributed by atoms with Crippen LogP contribution in [0.3, 0.4) is 0 Å². The Morgan fingerprint density at radius 2 is 0.893 bits per heavy atom. The molecule has 0 atom stereocenters. The summed E-state index contributed by atoms with van der Waals surface area (Å²) in [6.07, 6.45) is 2.50. The molecule has 0 aliphatic carbocycles. The molecule has 0 saturated carbocycles. The largest absolute Gasteiger partial charge is 0.310 e. The standard InChI is InChI=1S/C18H12Br6N2O2/c1-25(17-11(21)5-9(19)6-12(17)22)15(27)3-4-16(28)26(2)18-13(23)7-10(20)8-14(18)24/h3-8H,1-2H3. The van der Waals surface area contributed by atoms with Crippen LogP contribution in [0.1, 0.15) is 0 Å². The van der Waals surface area contributed by atoms with Gasteiger partial charge in [0.25, 0.3) is 11.8 Å². The van der Waals surface area contributed by atoms with Crippen LogP contribution in [-0.4, -0.2) is 25.9 Å². The van der Waals surface area contributed by atoms with Crippen molar-refractivity contribution in [2.24, 2.45) is 0 Å². The normalized spacial score (nSPS) is 11.0. The summed E-state index contributed by atoms with van der Waals surface area (Å²) in [6.45, 7) is 0. The summed E-state index contributed by atoms with van der Waals surface area (Å²) in [6, 6.07) is 7.37. The molecule has 0 aromatic heterocycles. The third-order valence-corrected chi connectivity index (χ3v) is 7.00. The molecule has 0 N–H and O–H groups in total. The zero-order chi connectivity index (χ0) is 21.2. The quantitative estimate of drug-likeness (QED) is 0.304. The molecule has 0 aliphatic heterocycles. The fourth-order valence-electron chi connectivity index (χ4n) is 2.30. The Morgan fingerprint density at radius 3 is 1.14 bits per heavy atom. The van der Waals surface area contributed by atoms with E-state index in [1.807, 2.05) is 24.3 Å². The van der Waals surface area contributed by atoms with Crippen molar-refractivity contribution in [1.82, 2.24) is 0 Å². The number of carbonyl (C=O) groups excluding carboxylic acids is 2. The highest BCUT2D eigenvalue weighted by Crippen LogP contribution is 2.38. The number of halogens is 6. The van der Waals surface area contributed by atoms with Crippen molar-refractivity contribution < 1.29 is 9.59 Å². The maximum atomic E-state index is 12.6. The molecule has 0 fully saturated rings. The van der Waals surface area contributed by atoms with Crippen LogP contribution < -0.4 is 9.80 Å². The van der Waals surface area contributed by atoms with Crippen LogP contribution in [0.25, 0.3) is 0 Å². The van der Waals surface area contributed by atoms with Crippen LogP contribution in [0, 0.1) is 0 Å². The van der Waals surface area contributed by atoms with E-state index in [4.69, 9.17) is 0 Å². The van der Waals surface area contributed by atoms with Gasteiger partial charge in [0, 0.05) is 53.1 Å². The van der Waals surface area contributed by atoms with Crippen molar-refractivity contribution in [2.75, 3.05) is 23.9 Å². The van der Waals surface area contributed by atoms with Gasteiger partial charge in [0.2, 0.25) is 0 Å². The lowest BCUT2D eigenvalue weighted by molar-refractivity contribution is -0.116. The second-order valence-corrected chi connectivity index (χ2v) is 10.8. The molecule has 2 rings (SSSR count). The molecule has 0 saturated heterocycles. The summed E-state index contributed by atoms with van der Waals surface area (Å²) >= 11 is 20.6. The van der Waals surface area contributed by atoms with Gasteiger partial charge in [-0.2, -0.15) is 0 Å². The van der Waals surface area contributed by atoms with Crippen LogP contribution in [0.4, 0.5) is 11.4 Å². The van der Waals surface area contributed by atoms with Gasteiger partial charge in [-0.25, -0.2) is 0 Å². The fraction of sp³-hybridized carbons (Fsp3) is 0.111. The van der Waals surface area contributed by atoms with E-state index in [0.29, 0.717) is 11.4 Å². The summed E-state index contributed by atoms with van der Waals surface area (Å²) in [5.74, 6) is -0.668. The maximum absolute atomic E-state index is 12.6. The average Bonchev–Trinajstić information content (AvgIpc) is 2.57. The van der Waals surface area contributed by atoms with E-state index in [1.54, 1.807) is 14.1 Å². The maximum Gasteiger partial charge on any atom is 0.250 e. The first-order chi connectivity index (χ1) is 13.0. The first-order valence-corrected chi connectivity index (χ1v) is 12.3. The predicted octanol–water partition coefficient (Wildman–Crippen LogP) is 7.44. The van der Waals surface area contributed by atoms with Crippen LogP contribution in [0.5, 0.6) is 0 Å². The zero-order valence-electron chi connectivity index (χ0n) is 14.4. The second-order valence-electron chi connectivity index (χ2n) is 5.56. The van der Waals surface area contributed by atoms with E-state index in [1.165, 1.54) is 22.0 Å². The van der Waals surface area contributed by atoms with E-state index in [2.05, 4.69) is 95.6 Å². The Hall–Kier alpha value is 0.000000000000000222. The van der Waals surface area contributed by atoms with Crippen molar-refractivity contribution in [3.8, 4) is 0 Å². The first kappa shape index (κ1) is 24.3. The molecule has 4 nitrogen and oxygen atoms in total. The number of likely N-dealkylation sites (N-methyl/N-ethyl adjacent to an activating group) is 2. The highest BCUT2D eigenvalue weighted by molar-refractivity contribution is 9.12. The minimum atomic E-state index is -0.334. The number of rotatable bonds is 4. The van der Waals surface area contributed by atoms with Crippen molar-refractivity contribution in [3.63, 3.8) is 0 Å². The molecule has 2 aromatic rings. The number of benzene rings is 2. The van der Waals surface area contributed by atoms with Crippen molar-refractivity contribution in [1.29, 1.82) is 0 Å². The van der Waals surface area contributed by atoms with E-state index >= 15 is 0 Å². The number of carbonyl (C=O) groups is 2. The summed E-state index contributed by atoms with van der Waals surface area (Å²) in [4.78, 5) is 28.0. The molecule has 0 spiro atoms. The van der Waals surface area contributed by atoms with Crippen LogP contribution in [-0.2, 0) is 9.59 Å². The minimum Gasteiger partial charge on any atom is -0.310 e. The Kier molecular flexibility index (Phi) is 8.97.